The van der Waals surface area contributed by atoms with Crippen molar-refractivity contribution in [3.63, 3.8) is 0 Å². The zero-order chi connectivity index (χ0) is 16.0. The molecule has 7 heteroatoms. The molecule has 0 unspecified atom stereocenters. The summed E-state index contributed by atoms with van der Waals surface area (Å²) in [6.07, 6.45) is 3.36. The Morgan fingerprint density at radius 2 is 1.95 bits per heavy atom. The number of nitrogens with one attached hydrogen (secondary N) is 1. The largest absolute Gasteiger partial charge is 0.271 e. The fraction of sp³-hybridized carbons (Fsp3) is 0.286. The molecule has 0 atom stereocenters. The van der Waals surface area contributed by atoms with Gasteiger partial charge in [0, 0.05) is 0 Å². The zero-order valence-electron chi connectivity index (χ0n) is 12.2. The topological polar surface area (TPSA) is 48.2 Å². The van der Waals surface area contributed by atoms with Crippen molar-refractivity contribution in [1.82, 2.24) is 5.32 Å². The highest BCUT2D eigenvalue weighted by Crippen LogP contribution is 2.23. The number of halogens is 2. The van der Waals surface area contributed by atoms with Crippen molar-refractivity contribution in [2.24, 2.45) is 4.99 Å². The third-order valence-electron chi connectivity index (χ3n) is 2.21. The number of hydrogen-bond donors (Lipinski definition) is 1. The van der Waals surface area contributed by atoms with Crippen LogP contribution in [0.2, 0.25) is 19.6 Å². The van der Waals surface area contributed by atoms with Crippen LogP contribution in [-0.2, 0) is 0 Å². The third kappa shape index (κ3) is 5.22. The summed E-state index contributed by atoms with van der Waals surface area (Å²) < 4.78 is 27.9. The van der Waals surface area contributed by atoms with Crippen LogP contribution < -0.4 is 5.32 Å². The molecule has 0 amide bonds. The van der Waals surface area contributed by atoms with Crippen molar-refractivity contribution in [3.8, 4) is 17.7 Å². The first-order valence-corrected chi connectivity index (χ1v) is 10.8. The van der Waals surface area contributed by atoms with Gasteiger partial charge in [-0.05, 0) is 18.4 Å². The van der Waals surface area contributed by atoms with E-state index in [-0.39, 0.29) is 16.4 Å². The first-order valence-electron chi connectivity index (χ1n) is 6.07. The summed E-state index contributed by atoms with van der Waals surface area (Å²) in [5.74, 6) is 0.608. The first kappa shape index (κ1) is 17.2. The summed E-state index contributed by atoms with van der Waals surface area (Å²) in [7, 11) is -1.66. The second-order valence-electron chi connectivity index (χ2n) is 5.12. The maximum atomic E-state index is 14.0. The van der Waals surface area contributed by atoms with E-state index < -0.39 is 19.7 Å². The summed E-state index contributed by atoms with van der Waals surface area (Å²) >= 11 is 1.13. The minimum absolute atomic E-state index is 0.0211. The van der Waals surface area contributed by atoms with Crippen molar-refractivity contribution < 1.29 is 8.78 Å². The minimum atomic E-state index is -1.66. The van der Waals surface area contributed by atoms with Crippen molar-refractivity contribution in [1.29, 1.82) is 5.26 Å². The molecule has 0 fully saturated rings. The van der Waals surface area contributed by atoms with Crippen molar-refractivity contribution in [2.45, 2.75) is 19.6 Å². The fourth-order valence-electron chi connectivity index (χ4n) is 1.26. The molecule has 0 aromatic heterocycles. The van der Waals surface area contributed by atoms with E-state index in [2.05, 4.69) is 21.8 Å². The lowest BCUT2D eigenvalue weighted by atomic mass is 10.2. The SMILES string of the molecule is CSC(=Nc1ccc(C#C[Si](C)(C)C)c(F)c1F)NC#N. The maximum absolute atomic E-state index is 14.0. The van der Waals surface area contributed by atoms with Crippen LogP contribution in [0, 0.1) is 34.6 Å². The number of thioether (sulfide) groups is 1. The van der Waals surface area contributed by atoms with Gasteiger partial charge in [-0.3, -0.25) is 5.32 Å². The molecule has 110 valence electrons. The molecule has 1 N–H and O–H groups in total. The van der Waals surface area contributed by atoms with Crippen LogP contribution in [0.4, 0.5) is 14.5 Å². The van der Waals surface area contributed by atoms with Crippen LogP contribution in [0.15, 0.2) is 17.1 Å². The van der Waals surface area contributed by atoms with Gasteiger partial charge in [0.05, 0.1) is 5.56 Å². The van der Waals surface area contributed by atoms with Gasteiger partial charge in [0.1, 0.15) is 13.8 Å². The number of aliphatic imine (C=N–C) groups is 1. The molecule has 0 saturated heterocycles. The molecule has 0 radical (unpaired) electrons. The lowest BCUT2D eigenvalue weighted by Crippen LogP contribution is -2.16. The highest BCUT2D eigenvalue weighted by Gasteiger charge is 2.14. The average Bonchev–Trinajstić information content (AvgIpc) is 2.41. The van der Waals surface area contributed by atoms with E-state index in [1.165, 1.54) is 12.1 Å². The Morgan fingerprint density at radius 1 is 1.29 bits per heavy atom. The number of amidine groups is 1. The number of hydrogen-bond acceptors (Lipinski definition) is 3. The molecule has 0 heterocycles. The molecule has 1 rings (SSSR count). The molecular weight excluding hydrogens is 308 g/mol. The van der Waals surface area contributed by atoms with E-state index in [0.29, 0.717) is 0 Å². The van der Waals surface area contributed by atoms with E-state index >= 15 is 0 Å². The molecule has 0 saturated carbocycles. The highest BCUT2D eigenvalue weighted by molar-refractivity contribution is 8.13. The lowest BCUT2D eigenvalue weighted by molar-refractivity contribution is 0.508. The Morgan fingerprint density at radius 3 is 2.48 bits per heavy atom. The predicted molar refractivity (Wildman–Crippen MR) is 85.9 cm³/mol. The predicted octanol–water partition coefficient (Wildman–Crippen LogP) is 3.61. The molecular formula is C14H15F2N3SSi. The fourth-order valence-corrected chi connectivity index (χ4v) is 2.11. The Labute approximate surface area is 128 Å². The Kier molecular flexibility index (Phi) is 5.95. The van der Waals surface area contributed by atoms with Crippen LogP contribution in [0.25, 0.3) is 0 Å². The van der Waals surface area contributed by atoms with Crippen molar-refractivity contribution in [3.05, 3.63) is 29.3 Å². The Hall–Kier alpha value is -1.83. The Balaban J connectivity index is 3.23. The van der Waals surface area contributed by atoms with Gasteiger partial charge >= 0.3 is 0 Å². The van der Waals surface area contributed by atoms with E-state index in [9.17, 15) is 8.78 Å². The van der Waals surface area contributed by atoms with Crippen molar-refractivity contribution >= 4 is 30.7 Å². The van der Waals surface area contributed by atoms with Crippen LogP contribution >= 0.6 is 11.8 Å². The molecule has 0 aliphatic carbocycles. The molecule has 0 spiro atoms. The van der Waals surface area contributed by atoms with Gasteiger partial charge in [-0.25, -0.2) is 13.8 Å². The Bertz CT molecular complexity index is 664. The summed E-state index contributed by atoms with van der Waals surface area (Å²) in [5, 5.41) is 11.0. The summed E-state index contributed by atoms with van der Waals surface area (Å²) in [5.41, 5.74) is 2.84. The zero-order valence-corrected chi connectivity index (χ0v) is 14.0. The first-order chi connectivity index (χ1) is 9.78. The van der Waals surface area contributed by atoms with E-state index in [1.807, 2.05) is 19.6 Å². The number of nitriles is 1. The molecule has 0 aliphatic rings. The maximum Gasteiger partial charge on any atom is 0.185 e. The van der Waals surface area contributed by atoms with Gasteiger partial charge in [0.15, 0.2) is 23.0 Å². The third-order valence-corrected chi connectivity index (χ3v) is 3.67. The second-order valence-corrected chi connectivity index (χ2v) is 10.7. The highest BCUT2D eigenvalue weighted by atomic mass is 32.2. The second kappa shape index (κ2) is 7.25. The molecule has 21 heavy (non-hydrogen) atoms. The van der Waals surface area contributed by atoms with Gasteiger partial charge in [0.25, 0.3) is 0 Å². The van der Waals surface area contributed by atoms with Gasteiger partial charge in [0.2, 0.25) is 0 Å². The van der Waals surface area contributed by atoms with Crippen molar-refractivity contribution in [2.75, 3.05) is 6.26 Å². The van der Waals surface area contributed by atoms with Crippen LogP contribution in [0.1, 0.15) is 5.56 Å². The number of rotatable bonds is 1. The van der Waals surface area contributed by atoms with E-state index in [1.54, 1.807) is 12.4 Å². The normalized spacial score (nSPS) is 11.4. The average molecular weight is 323 g/mol. The summed E-state index contributed by atoms with van der Waals surface area (Å²) in [6, 6.07) is 2.75. The lowest BCUT2D eigenvalue weighted by Gasteiger charge is -2.05. The number of nitrogens with zero attached hydrogens (tertiary/aromatic N) is 2. The van der Waals surface area contributed by atoms with Gasteiger partial charge in [-0.15, -0.1) is 5.54 Å². The molecule has 1 aromatic rings. The molecule has 3 nitrogen and oxygen atoms in total. The van der Waals surface area contributed by atoms with Gasteiger partial charge in [-0.1, -0.05) is 37.3 Å². The van der Waals surface area contributed by atoms with E-state index in [4.69, 9.17) is 5.26 Å². The minimum Gasteiger partial charge on any atom is -0.271 e. The van der Waals surface area contributed by atoms with Crippen LogP contribution in [0.5, 0.6) is 0 Å². The quantitative estimate of drug-likeness (QED) is 0.214. The monoisotopic (exact) mass is 323 g/mol. The van der Waals surface area contributed by atoms with Gasteiger partial charge in [-0.2, -0.15) is 5.26 Å². The van der Waals surface area contributed by atoms with Crippen LogP contribution in [-0.4, -0.2) is 19.5 Å². The van der Waals surface area contributed by atoms with E-state index in [0.717, 1.165) is 11.8 Å². The smallest absolute Gasteiger partial charge is 0.185 e. The molecule has 1 aromatic carbocycles. The number of benzene rings is 1. The molecule has 0 aliphatic heterocycles. The standard InChI is InChI=1S/C14H15F2N3SSi/c1-20-14(18-9-17)19-11-6-5-10(12(15)13(11)16)7-8-21(2,3)4/h5-6H,1-4H3,(H,18,19). The molecule has 0 bridgehead atoms. The summed E-state index contributed by atoms with van der Waals surface area (Å²) in [6.45, 7) is 6.06. The van der Waals surface area contributed by atoms with Crippen LogP contribution in [0.3, 0.4) is 0 Å². The summed E-state index contributed by atoms with van der Waals surface area (Å²) in [4.78, 5) is 3.87. The van der Waals surface area contributed by atoms with Gasteiger partial charge < -0.3 is 0 Å².